The molecule has 0 bridgehead atoms. The molecule has 7 heteroatoms. The zero-order chi connectivity index (χ0) is 17.9. The fourth-order valence-electron chi connectivity index (χ4n) is 2.91. The first kappa shape index (κ1) is 16.7. The molecule has 1 atom stereocenters. The number of carbonyl (C=O) groups excluding carboxylic acids is 1. The summed E-state index contributed by atoms with van der Waals surface area (Å²) in [4.78, 5) is 16.1. The minimum Gasteiger partial charge on any atom is -0.489 e. The lowest BCUT2D eigenvalue weighted by molar-refractivity contribution is -0.113. The summed E-state index contributed by atoms with van der Waals surface area (Å²) in [7, 11) is 1.83. The average molecular weight is 366 g/mol. The van der Waals surface area contributed by atoms with Crippen molar-refractivity contribution >= 4 is 23.5 Å². The van der Waals surface area contributed by atoms with Gasteiger partial charge in [-0.15, -0.1) is 11.8 Å². The smallest absolute Gasteiger partial charge is 0.235 e. The van der Waals surface area contributed by atoms with Crippen molar-refractivity contribution in [1.29, 1.82) is 0 Å². The molecule has 3 aromatic rings. The minimum atomic E-state index is -0.00803. The third-order valence-corrected chi connectivity index (χ3v) is 5.47. The Bertz CT molecular complexity index is 926. The number of nitrogens with zero attached hydrogens (tertiary/aromatic N) is 3. The molecule has 2 aromatic heterocycles. The van der Waals surface area contributed by atoms with Crippen LogP contribution in [0, 0.1) is 0 Å². The number of hydrogen-bond acceptors (Lipinski definition) is 5. The van der Waals surface area contributed by atoms with E-state index < -0.39 is 0 Å². The van der Waals surface area contributed by atoms with E-state index in [-0.39, 0.29) is 11.2 Å². The van der Waals surface area contributed by atoms with Crippen molar-refractivity contribution < 1.29 is 9.53 Å². The number of benzene rings is 1. The van der Waals surface area contributed by atoms with Gasteiger partial charge in [-0.3, -0.25) is 14.5 Å². The van der Waals surface area contributed by atoms with Crippen LogP contribution in [0.25, 0.3) is 0 Å². The van der Waals surface area contributed by atoms with Crippen LogP contribution in [-0.2, 0) is 18.4 Å². The Labute approximate surface area is 155 Å². The summed E-state index contributed by atoms with van der Waals surface area (Å²) in [5, 5.41) is 7.26. The number of amides is 1. The first-order valence-corrected chi connectivity index (χ1v) is 9.30. The number of aromatic nitrogens is 3. The maximum Gasteiger partial charge on any atom is 0.235 e. The van der Waals surface area contributed by atoms with Gasteiger partial charge in [0.15, 0.2) is 0 Å². The Morgan fingerprint density at radius 2 is 2.23 bits per heavy atom. The normalized spacial score (nSPS) is 16.5. The summed E-state index contributed by atoms with van der Waals surface area (Å²) in [6.45, 7) is 0.466. The van der Waals surface area contributed by atoms with E-state index in [9.17, 15) is 4.79 Å². The Hall–Kier alpha value is -2.80. The van der Waals surface area contributed by atoms with Gasteiger partial charge in [0.25, 0.3) is 0 Å². The molecule has 1 N–H and O–H groups in total. The van der Waals surface area contributed by atoms with Gasteiger partial charge in [-0.25, -0.2) is 0 Å². The van der Waals surface area contributed by atoms with Crippen molar-refractivity contribution in [2.75, 3.05) is 11.1 Å². The predicted octanol–water partition coefficient (Wildman–Crippen LogP) is 3.17. The second-order valence-corrected chi connectivity index (χ2v) is 7.13. The maximum atomic E-state index is 12.0. The molecule has 4 rings (SSSR count). The second-order valence-electron chi connectivity index (χ2n) is 6.03. The van der Waals surface area contributed by atoms with Crippen molar-refractivity contribution in [1.82, 2.24) is 14.8 Å². The van der Waals surface area contributed by atoms with E-state index in [1.807, 2.05) is 43.6 Å². The molecular formula is C19H18N4O2S. The second kappa shape index (κ2) is 7.21. The van der Waals surface area contributed by atoms with Crippen LogP contribution in [0.4, 0.5) is 5.82 Å². The summed E-state index contributed by atoms with van der Waals surface area (Å²) in [5.74, 6) is 1.94. The third kappa shape index (κ3) is 3.43. The molecule has 0 saturated carbocycles. The van der Waals surface area contributed by atoms with Crippen LogP contribution in [0.15, 0.2) is 55.0 Å². The van der Waals surface area contributed by atoms with Crippen molar-refractivity contribution in [2.45, 2.75) is 11.9 Å². The fourth-order valence-corrected chi connectivity index (χ4v) is 3.99. The van der Waals surface area contributed by atoms with Gasteiger partial charge in [0.2, 0.25) is 5.91 Å². The van der Waals surface area contributed by atoms with E-state index in [0.717, 1.165) is 28.3 Å². The molecule has 132 valence electrons. The zero-order valence-corrected chi connectivity index (χ0v) is 15.1. The quantitative estimate of drug-likeness (QED) is 0.768. The molecule has 0 radical (unpaired) electrons. The Morgan fingerprint density at radius 3 is 3.08 bits per heavy atom. The number of pyridine rings is 1. The molecular weight excluding hydrogens is 348 g/mol. The number of aryl methyl sites for hydroxylation is 1. The number of rotatable bonds is 4. The fraction of sp³-hybridized carbons (Fsp3) is 0.211. The van der Waals surface area contributed by atoms with Gasteiger partial charge in [0.1, 0.15) is 18.2 Å². The molecule has 3 heterocycles. The molecule has 1 aromatic carbocycles. The number of hydrogen-bond donors (Lipinski definition) is 1. The lowest BCUT2D eigenvalue weighted by Gasteiger charge is -2.15. The van der Waals surface area contributed by atoms with Gasteiger partial charge in [0, 0.05) is 30.6 Å². The number of nitrogens with one attached hydrogen (secondary N) is 1. The zero-order valence-electron chi connectivity index (χ0n) is 14.3. The summed E-state index contributed by atoms with van der Waals surface area (Å²) in [5.41, 5.74) is 3.11. The molecule has 0 fully saturated rings. The third-order valence-electron chi connectivity index (χ3n) is 4.18. The van der Waals surface area contributed by atoms with Gasteiger partial charge in [-0.2, -0.15) is 5.10 Å². The molecule has 1 aliphatic heterocycles. The molecule has 0 saturated heterocycles. The number of thioether (sulfide) groups is 1. The van der Waals surface area contributed by atoms with Gasteiger partial charge in [0.05, 0.1) is 17.2 Å². The monoisotopic (exact) mass is 366 g/mol. The topological polar surface area (TPSA) is 69.0 Å². The van der Waals surface area contributed by atoms with E-state index in [1.165, 1.54) is 0 Å². The van der Waals surface area contributed by atoms with Crippen LogP contribution in [-0.4, -0.2) is 26.4 Å². The van der Waals surface area contributed by atoms with Crippen molar-refractivity contribution in [3.8, 4) is 5.75 Å². The number of ether oxygens (including phenoxy) is 1. The van der Waals surface area contributed by atoms with E-state index in [2.05, 4.69) is 21.5 Å². The van der Waals surface area contributed by atoms with E-state index in [0.29, 0.717) is 12.4 Å². The Morgan fingerprint density at radius 1 is 1.31 bits per heavy atom. The molecule has 1 aliphatic rings. The van der Waals surface area contributed by atoms with Crippen molar-refractivity contribution in [3.05, 3.63) is 71.7 Å². The van der Waals surface area contributed by atoms with Crippen LogP contribution < -0.4 is 10.1 Å². The highest BCUT2D eigenvalue weighted by Gasteiger charge is 2.27. The summed E-state index contributed by atoms with van der Waals surface area (Å²) in [6, 6.07) is 11.9. The maximum absolute atomic E-state index is 12.0. The summed E-state index contributed by atoms with van der Waals surface area (Å²) < 4.78 is 7.62. The molecule has 26 heavy (non-hydrogen) atoms. The minimum absolute atomic E-state index is 0.00803. The van der Waals surface area contributed by atoms with Crippen LogP contribution in [0.5, 0.6) is 5.75 Å². The highest BCUT2D eigenvalue weighted by Crippen LogP contribution is 2.41. The average Bonchev–Trinajstić information content (AvgIpc) is 2.92. The Kier molecular flexibility index (Phi) is 4.62. The predicted molar refractivity (Wildman–Crippen MR) is 101 cm³/mol. The van der Waals surface area contributed by atoms with E-state index in [1.54, 1.807) is 28.8 Å². The van der Waals surface area contributed by atoms with Gasteiger partial charge < -0.3 is 10.1 Å². The highest BCUT2D eigenvalue weighted by molar-refractivity contribution is 8.00. The number of carbonyl (C=O) groups is 1. The molecule has 0 aliphatic carbocycles. The van der Waals surface area contributed by atoms with E-state index in [4.69, 9.17) is 4.74 Å². The molecule has 0 unspecified atom stereocenters. The van der Waals surface area contributed by atoms with Gasteiger partial charge in [-0.1, -0.05) is 18.2 Å². The van der Waals surface area contributed by atoms with Crippen molar-refractivity contribution in [3.63, 3.8) is 0 Å². The SMILES string of the molecule is Cn1ncc2c1NC(=O)CS[C@H]2c1cccc(OCc2cccnc2)c1. The van der Waals surface area contributed by atoms with Crippen LogP contribution >= 0.6 is 11.8 Å². The lowest BCUT2D eigenvalue weighted by Crippen LogP contribution is -2.15. The molecule has 0 spiro atoms. The largest absolute Gasteiger partial charge is 0.489 e. The van der Waals surface area contributed by atoms with Crippen LogP contribution in [0.1, 0.15) is 21.9 Å². The lowest BCUT2D eigenvalue weighted by atomic mass is 10.1. The summed E-state index contributed by atoms with van der Waals surface area (Å²) in [6.07, 6.45) is 5.36. The first-order valence-electron chi connectivity index (χ1n) is 8.26. The standard InChI is InChI=1S/C19H18N4O2S/c1-23-19-16(10-21-23)18(26-12-17(24)22-19)14-5-2-6-15(8-14)25-11-13-4-3-7-20-9-13/h2-10,18H,11-12H2,1H3,(H,22,24)/t18-/m0/s1. The van der Waals surface area contributed by atoms with Crippen LogP contribution in [0.2, 0.25) is 0 Å². The first-order chi connectivity index (χ1) is 12.7. The Balaban J connectivity index is 1.59. The van der Waals surface area contributed by atoms with Gasteiger partial charge >= 0.3 is 0 Å². The molecule has 6 nitrogen and oxygen atoms in total. The van der Waals surface area contributed by atoms with Crippen molar-refractivity contribution in [2.24, 2.45) is 7.05 Å². The molecule has 1 amide bonds. The number of anilines is 1. The number of fused-ring (bicyclic) bond motifs is 1. The van der Waals surface area contributed by atoms with Gasteiger partial charge in [-0.05, 0) is 23.8 Å². The van der Waals surface area contributed by atoms with Crippen LogP contribution in [0.3, 0.4) is 0 Å². The summed E-state index contributed by atoms with van der Waals surface area (Å²) >= 11 is 1.59. The highest BCUT2D eigenvalue weighted by atomic mass is 32.2. The van der Waals surface area contributed by atoms with E-state index >= 15 is 0 Å².